The van der Waals surface area contributed by atoms with E-state index in [0.717, 1.165) is 25.2 Å². The Hall–Kier alpha value is -0.500. The molecule has 78 valence electrons. The van der Waals surface area contributed by atoms with E-state index in [0.29, 0.717) is 4.83 Å². The third-order valence-corrected chi connectivity index (χ3v) is 3.13. The highest BCUT2D eigenvalue weighted by atomic mass is 79.9. The van der Waals surface area contributed by atoms with Crippen LogP contribution in [-0.4, -0.2) is 11.4 Å². The minimum atomic E-state index is 0.545. The van der Waals surface area contributed by atoms with E-state index in [9.17, 15) is 0 Å². The predicted octanol–water partition coefficient (Wildman–Crippen LogP) is 3.80. The van der Waals surface area contributed by atoms with Crippen LogP contribution in [-0.2, 0) is 6.42 Å². The molecular formula is C12H17BrO. The first-order valence-corrected chi connectivity index (χ1v) is 6.04. The summed E-state index contributed by atoms with van der Waals surface area (Å²) in [4.78, 5) is 0.545. The zero-order chi connectivity index (χ0) is 10.4. The summed E-state index contributed by atoms with van der Waals surface area (Å²) in [6.07, 6.45) is 2.17. The Bertz CT molecular complexity index is 273. The molecule has 0 heterocycles. The second-order valence-corrected chi connectivity index (χ2v) is 4.55. The van der Waals surface area contributed by atoms with Crippen molar-refractivity contribution in [1.82, 2.24) is 0 Å². The molecule has 1 atom stereocenters. The molecule has 2 heteroatoms. The van der Waals surface area contributed by atoms with E-state index in [-0.39, 0.29) is 0 Å². The SMILES string of the molecule is CCOc1ccccc1CC(Br)CC. The lowest BCUT2D eigenvalue weighted by atomic mass is 10.1. The topological polar surface area (TPSA) is 9.23 Å². The molecule has 0 amide bonds. The minimum Gasteiger partial charge on any atom is -0.494 e. The van der Waals surface area contributed by atoms with Crippen molar-refractivity contribution < 1.29 is 4.74 Å². The van der Waals surface area contributed by atoms with Gasteiger partial charge in [-0.3, -0.25) is 0 Å². The molecule has 0 radical (unpaired) electrons. The lowest BCUT2D eigenvalue weighted by Gasteiger charge is -2.12. The summed E-state index contributed by atoms with van der Waals surface area (Å²) in [5.41, 5.74) is 1.29. The second-order valence-electron chi connectivity index (χ2n) is 3.25. The quantitative estimate of drug-likeness (QED) is 0.729. The van der Waals surface area contributed by atoms with Gasteiger partial charge in [-0.1, -0.05) is 41.1 Å². The number of para-hydroxylation sites is 1. The normalized spacial score (nSPS) is 12.5. The molecule has 0 aromatic heterocycles. The molecule has 0 aliphatic heterocycles. The van der Waals surface area contributed by atoms with Crippen LogP contribution >= 0.6 is 15.9 Å². The highest BCUT2D eigenvalue weighted by Crippen LogP contribution is 2.22. The lowest BCUT2D eigenvalue weighted by Crippen LogP contribution is -2.03. The summed E-state index contributed by atoms with van der Waals surface area (Å²) >= 11 is 3.64. The van der Waals surface area contributed by atoms with Crippen molar-refractivity contribution >= 4 is 15.9 Å². The van der Waals surface area contributed by atoms with E-state index in [1.165, 1.54) is 5.56 Å². The largest absolute Gasteiger partial charge is 0.494 e. The molecule has 0 aliphatic rings. The summed E-state index contributed by atoms with van der Waals surface area (Å²) in [6.45, 7) is 4.93. The fraction of sp³-hybridized carbons (Fsp3) is 0.500. The van der Waals surface area contributed by atoms with E-state index in [2.05, 4.69) is 35.0 Å². The number of hydrogen-bond acceptors (Lipinski definition) is 1. The van der Waals surface area contributed by atoms with Crippen LogP contribution in [0.5, 0.6) is 5.75 Å². The first kappa shape index (κ1) is 11.6. The van der Waals surface area contributed by atoms with Gasteiger partial charge in [0.15, 0.2) is 0 Å². The van der Waals surface area contributed by atoms with Gasteiger partial charge in [0.1, 0.15) is 5.75 Å². The number of ether oxygens (including phenoxy) is 1. The molecule has 1 nitrogen and oxygen atoms in total. The van der Waals surface area contributed by atoms with Gasteiger partial charge in [0.2, 0.25) is 0 Å². The highest BCUT2D eigenvalue weighted by molar-refractivity contribution is 9.09. The first-order valence-electron chi connectivity index (χ1n) is 5.12. The summed E-state index contributed by atoms with van der Waals surface area (Å²) in [7, 11) is 0. The van der Waals surface area contributed by atoms with Gasteiger partial charge in [-0.15, -0.1) is 0 Å². The predicted molar refractivity (Wildman–Crippen MR) is 64.3 cm³/mol. The Kier molecular flexibility index (Phi) is 5.02. The van der Waals surface area contributed by atoms with Crippen molar-refractivity contribution in [2.24, 2.45) is 0 Å². The number of benzene rings is 1. The van der Waals surface area contributed by atoms with Gasteiger partial charge in [0, 0.05) is 4.83 Å². The number of rotatable bonds is 5. The summed E-state index contributed by atoms with van der Waals surface area (Å²) < 4.78 is 5.56. The Balaban J connectivity index is 2.73. The summed E-state index contributed by atoms with van der Waals surface area (Å²) in [5.74, 6) is 1.02. The van der Waals surface area contributed by atoms with Gasteiger partial charge in [0.25, 0.3) is 0 Å². The first-order chi connectivity index (χ1) is 6.77. The fourth-order valence-corrected chi connectivity index (χ4v) is 1.70. The van der Waals surface area contributed by atoms with Crippen molar-refractivity contribution in [2.45, 2.75) is 31.5 Å². The maximum absolute atomic E-state index is 5.56. The third kappa shape index (κ3) is 3.33. The molecule has 1 aromatic rings. The molecule has 0 fully saturated rings. The van der Waals surface area contributed by atoms with Crippen LogP contribution in [0.25, 0.3) is 0 Å². The smallest absolute Gasteiger partial charge is 0.122 e. The molecule has 1 unspecified atom stereocenters. The van der Waals surface area contributed by atoms with Gasteiger partial charge in [-0.2, -0.15) is 0 Å². The Morgan fingerprint density at radius 3 is 2.64 bits per heavy atom. The lowest BCUT2D eigenvalue weighted by molar-refractivity contribution is 0.336. The van der Waals surface area contributed by atoms with Gasteiger partial charge >= 0.3 is 0 Å². The number of alkyl halides is 1. The van der Waals surface area contributed by atoms with Crippen molar-refractivity contribution in [2.75, 3.05) is 6.61 Å². The minimum absolute atomic E-state index is 0.545. The van der Waals surface area contributed by atoms with Gasteiger partial charge in [-0.05, 0) is 31.4 Å². The van der Waals surface area contributed by atoms with E-state index in [1.807, 2.05) is 19.1 Å². The monoisotopic (exact) mass is 256 g/mol. The van der Waals surface area contributed by atoms with Gasteiger partial charge < -0.3 is 4.74 Å². The molecule has 14 heavy (non-hydrogen) atoms. The average molecular weight is 257 g/mol. The third-order valence-electron chi connectivity index (χ3n) is 2.16. The van der Waals surface area contributed by atoms with E-state index >= 15 is 0 Å². The van der Waals surface area contributed by atoms with Crippen LogP contribution in [0.3, 0.4) is 0 Å². The maximum atomic E-state index is 5.56. The Morgan fingerprint density at radius 2 is 2.00 bits per heavy atom. The average Bonchev–Trinajstić information content (AvgIpc) is 2.21. The van der Waals surface area contributed by atoms with Crippen LogP contribution in [0.15, 0.2) is 24.3 Å². The maximum Gasteiger partial charge on any atom is 0.122 e. The van der Waals surface area contributed by atoms with Crippen LogP contribution < -0.4 is 4.74 Å². The molecule has 1 rings (SSSR count). The molecule has 0 saturated carbocycles. The Morgan fingerprint density at radius 1 is 1.29 bits per heavy atom. The molecule has 0 saturated heterocycles. The zero-order valence-electron chi connectivity index (χ0n) is 8.79. The molecule has 0 spiro atoms. The van der Waals surface area contributed by atoms with Crippen LogP contribution in [0, 0.1) is 0 Å². The standard InChI is InChI=1S/C12H17BrO/c1-3-11(13)9-10-7-5-6-8-12(10)14-4-2/h5-8,11H,3-4,9H2,1-2H3. The Labute approximate surface area is 94.6 Å². The van der Waals surface area contributed by atoms with Crippen molar-refractivity contribution in [3.63, 3.8) is 0 Å². The number of hydrogen-bond donors (Lipinski definition) is 0. The van der Waals surface area contributed by atoms with E-state index in [4.69, 9.17) is 4.74 Å². The zero-order valence-corrected chi connectivity index (χ0v) is 10.4. The van der Waals surface area contributed by atoms with Gasteiger partial charge in [0.05, 0.1) is 6.61 Å². The second kappa shape index (κ2) is 6.07. The highest BCUT2D eigenvalue weighted by Gasteiger charge is 2.07. The van der Waals surface area contributed by atoms with Crippen molar-refractivity contribution in [1.29, 1.82) is 0 Å². The summed E-state index contributed by atoms with van der Waals surface area (Å²) in [5, 5.41) is 0. The molecule has 0 bridgehead atoms. The van der Waals surface area contributed by atoms with Crippen LogP contribution in [0.4, 0.5) is 0 Å². The summed E-state index contributed by atoms with van der Waals surface area (Å²) in [6, 6.07) is 8.25. The molecule has 0 N–H and O–H groups in total. The van der Waals surface area contributed by atoms with Crippen LogP contribution in [0.2, 0.25) is 0 Å². The van der Waals surface area contributed by atoms with E-state index < -0.39 is 0 Å². The molecular weight excluding hydrogens is 240 g/mol. The van der Waals surface area contributed by atoms with E-state index in [1.54, 1.807) is 0 Å². The molecule has 1 aromatic carbocycles. The molecule has 0 aliphatic carbocycles. The van der Waals surface area contributed by atoms with Crippen LogP contribution in [0.1, 0.15) is 25.8 Å². The number of halogens is 1. The van der Waals surface area contributed by atoms with Crippen molar-refractivity contribution in [3.05, 3.63) is 29.8 Å². The van der Waals surface area contributed by atoms with Crippen molar-refractivity contribution in [3.8, 4) is 5.75 Å². The van der Waals surface area contributed by atoms with Gasteiger partial charge in [-0.25, -0.2) is 0 Å². The fourth-order valence-electron chi connectivity index (χ4n) is 1.35.